The zero-order chi connectivity index (χ0) is 12.7. The van der Waals surface area contributed by atoms with E-state index < -0.39 is 0 Å². The first kappa shape index (κ1) is 14.0. The van der Waals surface area contributed by atoms with Crippen molar-refractivity contribution in [2.75, 3.05) is 13.1 Å². The largest absolute Gasteiger partial charge is 0.331 e. The molecule has 0 aromatic carbocycles. The number of nitrogens with zero attached hydrogens (tertiary/aromatic N) is 2. The molecule has 0 radical (unpaired) electrons. The highest BCUT2D eigenvalue weighted by molar-refractivity contribution is 5.49. The van der Waals surface area contributed by atoms with Gasteiger partial charge in [0.25, 0.3) is 0 Å². The van der Waals surface area contributed by atoms with Crippen molar-refractivity contribution in [1.82, 2.24) is 14.9 Å². The third kappa shape index (κ3) is 4.35. The van der Waals surface area contributed by atoms with Gasteiger partial charge in [-0.1, -0.05) is 33.3 Å². The monoisotopic (exact) mass is 235 g/mol. The average Bonchev–Trinajstić information content (AvgIpc) is 2.72. The maximum atomic E-state index is 4.23. The van der Waals surface area contributed by atoms with Gasteiger partial charge in [-0.25, -0.2) is 4.98 Å². The Balaban J connectivity index is 2.83. The Morgan fingerprint density at radius 1 is 1.47 bits per heavy atom. The minimum Gasteiger partial charge on any atom is -0.331 e. The maximum Gasteiger partial charge on any atom is 0.0950 e. The molecule has 0 unspecified atom stereocenters. The fraction of sp³-hybridized carbons (Fsp3) is 0.643. The minimum absolute atomic E-state index is 0.569. The summed E-state index contributed by atoms with van der Waals surface area (Å²) in [5, 5.41) is 3.40. The van der Waals surface area contributed by atoms with E-state index in [1.54, 1.807) is 0 Å². The number of nitrogens with one attached hydrogen (secondary N) is 1. The summed E-state index contributed by atoms with van der Waals surface area (Å²) in [6.07, 6.45) is 7.28. The Morgan fingerprint density at radius 2 is 2.24 bits per heavy atom. The van der Waals surface area contributed by atoms with Gasteiger partial charge in [0.1, 0.15) is 0 Å². The molecule has 0 atom stereocenters. The Kier molecular flexibility index (Phi) is 5.98. The van der Waals surface area contributed by atoms with Crippen molar-refractivity contribution in [3.63, 3.8) is 0 Å². The molecular weight excluding hydrogens is 210 g/mol. The number of aromatic nitrogens is 2. The fourth-order valence-electron chi connectivity index (χ4n) is 1.76. The quantitative estimate of drug-likeness (QED) is 0.787. The van der Waals surface area contributed by atoms with Gasteiger partial charge in [-0.3, -0.25) is 0 Å². The van der Waals surface area contributed by atoms with Crippen molar-refractivity contribution < 1.29 is 0 Å². The zero-order valence-electron chi connectivity index (χ0n) is 11.5. The first-order valence-corrected chi connectivity index (χ1v) is 6.60. The second-order valence-electron chi connectivity index (χ2n) is 4.67. The molecule has 0 aliphatic carbocycles. The van der Waals surface area contributed by atoms with Gasteiger partial charge < -0.3 is 9.88 Å². The van der Waals surface area contributed by atoms with Crippen molar-refractivity contribution >= 4 is 6.08 Å². The van der Waals surface area contributed by atoms with Gasteiger partial charge >= 0.3 is 0 Å². The molecule has 0 amide bonds. The molecule has 0 fully saturated rings. The van der Waals surface area contributed by atoms with E-state index in [-0.39, 0.29) is 0 Å². The number of imidazole rings is 1. The lowest BCUT2D eigenvalue weighted by atomic mass is 10.0. The van der Waals surface area contributed by atoms with E-state index >= 15 is 0 Å². The molecule has 96 valence electrons. The third-order valence-corrected chi connectivity index (χ3v) is 2.86. The van der Waals surface area contributed by atoms with Crippen LogP contribution in [0.2, 0.25) is 0 Å². The second-order valence-corrected chi connectivity index (χ2v) is 4.67. The van der Waals surface area contributed by atoms with Gasteiger partial charge in [0, 0.05) is 13.1 Å². The van der Waals surface area contributed by atoms with Gasteiger partial charge in [0.15, 0.2) is 0 Å². The summed E-state index contributed by atoms with van der Waals surface area (Å²) in [5.41, 5.74) is 2.65. The zero-order valence-corrected chi connectivity index (χ0v) is 11.5. The van der Waals surface area contributed by atoms with Crippen LogP contribution in [0.1, 0.15) is 39.8 Å². The third-order valence-electron chi connectivity index (χ3n) is 2.86. The minimum atomic E-state index is 0.569. The van der Waals surface area contributed by atoms with Crippen molar-refractivity contribution in [1.29, 1.82) is 0 Å². The van der Waals surface area contributed by atoms with E-state index in [0.717, 1.165) is 26.1 Å². The van der Waals surface area contributed by atoms with Gasteiger partial charge in [-0.2, -0.15) is 0 Å². The van der Waals surface area contributed by atoms with Crippen molar-refractivity contribution in [2.45, 2.75) is 40.7 Å². The molecule has 0 saturated carbocycles. The fourth-order valence-corrected chi connectivity index (χ4v) is 1.76. The Bertz CT molecular complexity index is 350. The highest BCUT2D eigenvalue weighted by atomic mass is 15.0. The summed E-state index contributed by atoms with van der Waals surface area (Å²) in [7, 11) is 0. The number of rotatable bonds is 7. The van der Waals surface area contributed by atoms with Crippen LogP contribution in [0.4, 0.5) is 0 Å². The number of likely N-dealkylation sites (N-methyl/N-ethyl adjacent to an activating group) is 1. The summed E-state index contributed by atoms with van der Waals surface area (Å²) in [6.45, 7) is 11.8. The van der Waals surface area contributed by atoms with Crippen LogP contribution in [0.25, 0.3) is 6.08 Å². The normalized spacial score (nSPS) is 12.4. The van der Waals surface area contributed by atoms with Crippen molar-refractivity contribution in [2.24, 2.45) is 5.92 Å². The highest BCUT2D eigenvalue weighted by Crippen LogP contribution is 2.14. The van der Waals surface area contributed by atoms with Crippen LogP contribution in [0.5, 0.6) is 0 Å². The molecule has 0 aliphatic rings. The van der Waals surface area contributed by atoms with Crippen LogP contribution < -0.4 is 5.32 Å². The molecule has 3 heteroatoms. The molecule has 17 heavy (non-hydrogen) atoms. The maximum absolute atomic E-state index is 4.23. The standard InChI is InChI=1S/C14H25N3/c1-5-7-17-11-16-10-14(17)8-13(12(3)4)9-15-6-2/h8,10-12,15H,5-7,9H2,1-4H3. The van der Waals surface area contributed by atoms with Crippen LogP contribution in [0, 0.1) is 5.92 Å². The van der Waals surface area contributed by atoms with Crippen LogP contribution >= 0.6 is 0 Å². The molecule has 1 N–H and O–H groups in total. The van der Waals surface area contributed by atoms with E-state index in [4.69, 9.17) is 0 Å². The predicted octanol–water partition coefficient (Wildman–Crippen LogP) is 2.94. The Morgan fingerprint density at radius 3 is 2.82 bits per heavy atom. The SMILES string of the molecule is CCCn1cncc1C=C(CNCC)C(C)C. The lowest BCUT2D eigenvalue weighted by Crippen LogP contribution is -2.18. The van der Waals surface area contributed by atoms with Crippen LogP contribution in [-0.2, 0) is 6.54 Å². The van der Waals surface area contributed by atoms with Gasteiger partial charge in [0.2, 0.25) is 0 Å². The Hall–Kier alpha value is -1.09. The van der Waals surface area contributed by atoms with E-state index in [2.05, 4.69) is 48.6 Å². The molecule has 3 nitrogen and oxygen atoms in total. The summed E-state index contributed by atoms with van der Waals surface area (Å²) in [6, 6.07) is 0. The molecule has 0 bridgehead atoms. The van der Waals surface area contributed by atoms with Crippen molar-refractivity contribution in [3.05, 3.63) is 23.8 Å². The van der Waals surface area contributed by atoms with Gasteiger partial charge in [-0.15, -0.1) is 0 Å². The lowest BCUT2D eigenvalue weighted by Gasteiger charge is -2.12. The molecule has 0 saturated heterocycles. The molecule has 0 aliphatic heterocycles. The lowest BCUT2D eigenvalue weighted by molar-refractivity contribution is 0.665. The van der Waals surface area contributed by atoms with Crippen molar-refractivity contribution in [3.8, 4) is 0 Å². The first-order valence-electron chi connectivity index (χ1n) is 6.60. The molecular formula is C14H25N3. The van der Waals surface area contributed by atoms with Crippen LogP contribution in [0.3, 0.4) is 0 Å². The van der Waals surface area contributed by atoms with E-state index in [9.17, 15) is 0 Å². The Labute approximate surface area is 105 Å². The van der Waals surface area contributed by atoms with Gasteiger partial charge in [-0.05, 0) is 25.0 Å². The van der Waals surface area contributed by atoms with E-state index in [0.29, 0.717) is 5.92 Å². The molecule has 1 aromatic heterocycles. The summed E-state index contributed by atoms with van der Waals surface area (Å²) >= 11 is 0. The first-order chi connectivity index (χ1) is 8.19. The topological polar surface area (TPSA) is 29.9 Å². The molecule has 1 heterocycles. The average molecular weight is 235 g/mol. The molecule has 1 aromatic rings. The predicted molar refractivity (Wildman–Crippen MR) is 73.9 cm³/mol. The number of hydrogen-bond donors (Lipinski definition) is 1. The smallest absolute Gasteiger partial charge is 0.0950 e. The molecule has 1 rings (SSSR count). The van der Waals surface area contributed by atoms with Crippen LogP contribution in [-0.4, -0.2) is 22.6 Å². The number of aryl methyl sites for hydroxylation is 1. The van der Waals surface area contributed by atoms with Gasteiger partial charge in [0.05, 0.1) is 18.2 Å². The van der Waals surface area contributed by atoms with E-state index in [1.807, 2.05) is 12.5 Å². The number of hydrogen-bond acceptors (Lipinski definition) is 2. The highest BCUT2D eigenvalue weighted by Gasteiger charge is 2.05. The van der Waals surface area contributed by atoms with E-state index in [1.165, 1.54) is 11.3 Å². The summed E-state index contributed by atoms with van der Waals surface area (Å²) in [4.78, 5) is 4.23. The summed E-state index contributed by atoms with van der Waals surface area (Å²) < 4.78 is 2.22. The molecule has 0 spiro atoms. The second kappa shape index (κ2) is 7.28. The van der Waals surface area contributed by atoms with Crippen LogP contribution in [0.15, 0.2) is 18.1 Å². The summed E-state index contributed by atoms with van der Waals surface area (Å²) in [5.74, 6) is 0.569.